The molecule has 0 N–H and O–H groups in total. The fourth-order valence-corrected chi connectivity index (χ4v) is 1.38. The molecule has 0 fully saturated rings. The van der Waals surface area contributed by atoms with Gasteiger partial charge in [-0.2, -0.15) is 5.26 Å². The predicted molar refractivity (Wildman–Crippen MR) is 57.4 cm³/mol. The first-order valence-electron chi connectivity index (χ1n) is 4.50. The van der Waals surface area contributed by atoms with Gasteiger partial charge in [-0.25, -0.2) is 0 Å². The molecule has 0 bridgehead atoms. The molecule has 0 radical (unpaired) electrons. The molecule has 0 saturated carbocycles. The fraction of sp³-hybridized carbons (Fsp3) is 0.600. The number of nitriles is 1. The molecule has 0 unspecified atom stereocenters. The quantitative estimate of drug-likeness (QED) is 0.394. The second-order valence-electron chi connectivity index (χ2n) is 2.52. The van der Waals surface area contributed by atoms with E-state index in [0.717, 1.165) is 18.4 Å². The van der Waals surface area contributed by atoms with E-state index in [2.05, 4.69) is 6.07 Å². The van der Waals surface area contributed by atoms with E-state index in [1.165, 1.54) is 0 Å². The van der Waals surface area contributed by atoms with Crippen LogP contribution in [0.5, 0.6) is 0 Å². The zero-order valence-electron chi connectivity index (χ0n) is 8.39. The molecule has 3 heteroatoms. The molecule has 0 heterocycles. The summed E-state index contributed by atoms with van der Waals surface area (Å²) < 4.78 is 5.13. The van der Waals surface area contributed by atoms with Crippen LogP contribution in [0.2, 0.25) is 0 Å². The third-order valence-corrected chi connectivity index (χ3v) is 2.12. The van der Waals surface area contributed by atoms with Crippen molar-refractivity contribution in [3.63, 3.8) is 0 Å². The molecular weight excluding hydrogens is 182 g/mol. The molecule has 72 valence electrons. The van der Waals surface area contributed by atoms with Gasteiger partial charge in [-0.05, 0) is 37.6 Å². The first-order valence-corrected chi connectivity index (χ1v) is 4.91. The molecule has 0 saturated heterocycles. The minimum atomic E-state index is 0.337. The van der Waals surface area contributed by atoms with Gasteiger partial charge in [-0.15, -0.1) is 0 Å². The Kier molecular flexibility index (Phi) is 6.17. The van der Waals surface area contributed by atoms with Crippen LogP contribution in [0.25, 0.3) is 0 Å². The number of ether oxygens (including phenoxy) is 1. The average Bonchev–Trinajstić information content (AvgIpc) is 2.14. The molecule has 0 aromatic carbocycles. The van der Waals surface area contributed by atoms with E-state index in [1.807, 2.05) is 20.8 Å². The van der Waals surface area contributed by atoms with Gasteiger partial charge in [-0.1, -0.05) is 13.8 Å². The maximum Gasteiger partial charge on any atom is 0.201 e. The van der Waals surface area contributed by atoms with Crippen LogP contribution in [0.3, 0.4) is 0 Å². The van der Waals surface area contributed by atoms with Crippen molar-refractivity contribution in [1.82, 2.24) is 0 Å². The zero-order chi connectivity index (χ0) is 10.3. The molecule has 0 rings (SSSR count). The Hall–Kier alpha value is -0.880. The molecule has 13 heavy (non-hydrogen) atoms. The number of nitrogens with zero attached hydrogens (tertiary/aromatic N) is 1. The van der Waals surface area contributed by atoms with E-state index in [-0.39, 0.29) is 0 Å². The molecule has 0 aromatic heterocycles. The highest BCUT2D eigenvalue weighted by Crippen LogP contribution is 2.14. The standard InChI is InChI=1S/C10H15NOS/c1-4-8(5-2)9(7-11)10(13)12-6-3/h4-6H2,1-3H3. The van der Waals surface area contributed by atoms with Gasteiger partial charge in [0.1, 0.15) is 11.6 Å². The monoisotopic (exact) mass is 197 g/mol. The fourth-order valence-electron chi connectivity index (χ4n) is 1.08. The number of hydrogen-bond donors (Lipinski definition) is 0. The molecule has 2 nitrogen and oxygen atoms in total. The van der Waals surface area contributed by atoms with Crippen molar-refractivity contribution < 1.29 is 4.74 Å². The topological polar surface area (TPSA) is 33.0 Å². The lowest BCUT2D eigenvalue weighted by Gasteiger charge is -2.07. The Morgan fingerprint density at radius 1 is 1.31 bits per heavy atom. The van der Waals surface area contributed by atoms with Gasteiger partial charge in [0.25, 0.3) is 0 Å². The lowest BCUT2D eigenvalue weighted by Crippen LogP contribution is -2.06. The summed E-state index contributed by atoms with van der Waals surface area (Å²) in [6.07, 6.45) is 1.71. The van der Waals surface area contributed by atoms with Crippen molar-refractivity contribution in [2.45, 2.75) is 33.6 Å². The van der Waals surface area contributed by atoms with Crippen LogP contribution in [0.4, 0.5) is 0 Å². The van der Waals surface area contributed by atoms with Crippen molar-refractivity contribution in [2.75, 3.05) is 6.61 Å². The number of thiocarbonyl (C=S) groups is 1. The van der Waals surface area contributed by atoms with Gasteiger partial charge in [0.05, 0.1) is 6.61 Å². The van der Waals surface area contributed by atoms with Crippen molar-refractivity contribution in [2.24, 2.45) is 0 Å². The van der Waals surface area contributed by atoms with E-state index in [9.17, 15) is 0 Å². The maximum absolute atomic E-state index is 8.88. The van der Waals surface area contributed by atoms with Crippen molar-refractivity contribution in [3.8, 4) is 6.07 Å². The van der Waals surface area contributed by atoms with Gasteiger partial charge < -0.3 is 4.74 Å². The zero-order valence-corrected chi connectivity index (χ0v) is 9.20. The SMILES string of the molecule is CCOC(=S)C(C#N)=C(CC)CC. The number of rotatable bonds is 4. The summed E-state index contributed by atoms with van der Waals surface area (Å²) in [6.45, 7) is 6.42. The van der Waals surface area contributed by atoms with Gasteiger partial charge in [-0.3, -0.25) is 0 Å². The third-order valence-electron chi connectivity index (χ3n) is 1.80. The predicted octanol–water partition coefficient (Wildman–Crippen LogP) is 2.99. The second kappa shape index (κ2) is 6.62. The average molecular weight is 197 g/mol. The molecule has 0 aromatic rings. The lowest BCUT2D eigenvalue weighted by molar-refractivity contribution is 0.337. The number of hydrogen-bond acceptors (Lipinski definition) is 3. The molecule has 0 aliphatic heterocycles. The molecule has 0 amide bonds. The smallest absolute Gasteiger partial charge is 0.201 e. The molecule has 0 atom stereocenters. The van der Waals surface area contributed by atoms with Gasteiger partial charge >= 0.3 is 0 Å². The van der Waals surface area contributed by atoms with E-state index in [0.29, 0.717) is 17.2 Å². The van der Waals surface area contributed by atoms with Crippen molar-refractivity contribution in [1.29, 1.82) is 5.26 Å². The maximum atomic E-state index is 8.88. The molecule has 0 aliphatic rings. The van der Waals surface area contributed by atoms with Gasteiger partial charge in [0.2, 0.25) is 5.05 Å². The van der Waals surface area contributed by atoms with Gasteiger partial charge in [0.15, 0.2) is 0 Å². The first-order chi connectivity index (χ1) is 6.21. The molecular formula is C10H15NOS. The molecule has 0 spiro atoms. The van der Waals surface area contributed by atoms with Crippen LogP contribution in [0.1, 0.15) is 33.6 Å². The minimum absolute atomic E-state index is 0.337. The number of allylic oxidation sites excluding steroid dienone is 1. The summed E-state index contributed by atoms with van der Waals surface area (Å²) in [5.74, 6) is 0. The van der Waals surface area contributed by atoms with Crippen LogP contribution in [-0.4, -0.2) is 11.7 Å². The van der Waals surface area contributed by atoms with E-state index >= 15 is 0 Å². The van der Waals surface area contributed by atoms with Gasteiger partial charge in [0, 0.05) is 0 Å². The van der Waals surface area contributed by atoms with E-state index < -0.39 is 0 Å². The summed E-state index contributed by atoms with van der Waals surface area (Å²) in [5.41, 5.74) is 1.61. The highest BCUT2D eigenvalue weighted by molar-refractivity contribution is 7.80. The summed E-state index contributed by atoms with van der Waals surface area (Å²) in [5, 5.41) is 9.22. The van der Waals surface area contributed by atoms with Crippen LogP contribution < -0.4 is 0 Å². The Labute approximate surface area is 85.2 Å². The largest absolute Gasteiger partial charge is 0.483 e. The normalized spacial score (nSPS) is 8.77. The Balaban J connectivity index is 4.77. The van der Waals surface area contributed by atoms with E-state index in [4.69, 9.17) is 22.2 Å². The summed E-state index contributed by atoms with van der Waals surface area (Å²) in [4.78, 5) is 0. The summed E-state index contributed by atoms with van der Waals surface area (Å²) in [7, 11) is 0. The van der Waals surface area contributed by atoms with Crippen LogP contribution in [-0.2, 0) is 4.74 Å². The first kappa shape index (κ1) is 12.1. The highest BCUT2D eigenvalue weighted by atomic mass is 32.1. The Morgan fingerprint density at radius 2 is 1.85 bits per heavy atom. The van der Waals surface area contributed by atoms with Crippen LogP contribution >= 0.6 is 12.2 Å². The summed E-state index contributed by atoms with van der Waals surface area (Å²) >= 11 is 4.98. The van der Waals surface area contributed by atoms with Crippen molar-refractivity contribution >= 4 is 17.3 Å². The minimum Gasteiger partial charge on any atom is -0.483 e. The van der Waals surface area contributed by atoms with Crippen molar-refractivity contribution in [3.05, 3.63) is 11.1 Å². The Morgan fingerprint density at radius 3 is 2.15 bits per heavy atom. The lowest BCUT2D eigenvalue weighted by atomic mass is 10.1. The third kappa shape index (κ3) is 3.56. The van der Waals surface area contributed by atoms with Crippen LogP contribution in [0.15, 0.2) is 11.1 Å². The Bertz CT molecular complexity index is 244. The second-order valence-corrected chi connectivity index (χ2v) is 2.89. The summed E-state index contributed by atoms with van der Waals surface area (Å²) in [6, 6.07) is 2.10. The molecule has 0 aliphatic carbocycles. The van der Waals surface area contributed by atoms with Crippen LogP contribution in [0, 0.1) is 11.3 Å². The highest BCUT2D eigenvalue weighted by Gasteiger charge is 2.09. The van der Waals surface area contributed by atoms with E-state index in [1.54, 1.807) is 0 Å².